The summed E-state index contributed by atoms with van der Waals surface area (Å²) in [4.78, 5) is 16.8. The molecule has 1 N–H and O–H groups in total. The number of amides is 1. The van der Waals surface area contributed by atoms with E-state index in [1.165, 1.54) is 16.8 Å². The summed E-state index contributed by atoms with van der Waals surface area (Å²) in [5, 5.41) is 16.4. The van der Waals surface area contributed by atoms with Crippen molar-refractivity contribution < 1.29 is 4.79 Å². The average molecular weight is 426 g/mol. The monoisotopic (exact) mass is 425 g/mol. The van der Waals surface area contributed by atoms with Gasteiger partial charge in [0.25, 0.3) is 5.91 Å². The molecule has 0 radical (unpaired) electrons. The van der Waals surface area contributed by atoms with E-state index in [0.29, 0.717) is 10.2 Å². The lowest BCUT2D eigenvalue weighted by atomic mass is 10.1. The van der Waals surface area contributed by atoms with Gasteiger partial charge in [-0.2, -0.15) is 15.1 Å². The number of fused-ring (bicyclic) bond motifs is 1. The topological polar surface area (TPSA) is 73.8 Å². The summed E-state index contributed by atoms with van der Waals surface area (Å²) in [6, 6.07) is 9.61. The fraction of sp³-hybridized carbons (Fsp3) is 0.238. The molecule has 29 heavy (non-hydrogen) atoms. The second-order valence-electron chi connectivity index (χ2n) is 7.25. The van der Waals surface area contributed by atoms with Crippen LogP contribution in [0.2, 0.25) is 5.02 Å². The maximum absolute atomic E-state index is 12.6. The molecule has 0 bridgehead atoms. The summed E-state index contributed by atoms with van der Waals surface area (Å²) in [6.07, 6.45) is 1.72. The van der Waals surface area contributed by atoms with Crippen LogP contribution in [0.3, 0.4) is 0 Å². The number of nitrogens with zero attached hydrogens (tertiary/aromatic N) is 4. The third kappa shape index (κ3) is 3.45. The smallest absolute Gasteiger partial charge is 0.283 e. The number of aliphatic imine (C=N–C) groups is 1. The van der Waals surface area contributed by atoms with E-state index in [1.807, 2.05) is 58.0 Å². The Balaban J connectivity index is 1.75. The Kier molecular flexibility index (Phi) is 4.96. The molecular formula is C21H20ClN5OS. The largest absolute Gasteiger partial charge is 0.318 e. The van der Waals surface area contributed by atoms with E-state index < -0.39 is 5.91 Å². The predicted octanol–water partition coefficient (Wildman–Crippen LogP) is 5.02. The van der Waals surface area contributed by atoms with Crippen molar-refractivity contribution in [2.24, 2.45) is 16.0 Å². The number of rotatable bonds is 3. The van der Waals surface area contributed by atoms with Crippen molar-refractivity contribution in [2.75, 3.05) is 0 Å². The number of carbonyl (C=O) groups is 1. The molecule has 1 amide bonds. The number of benzene rings is 1. The molecule has 0 spiro atoms. The van der Waals surface area contributed by atoms with Crippen molar-refractivity contribution in [3.63, 3.8) is 0 Å². The number of thioether (sulfide) groups is 1. The lowest BCUT2D eigenvalue weighted by Gasteiger charge is -2.20. The van der Waals surface area contributed by atoms with E-state index >= 15 is 0 Å². The standard InChI is InChI=1S/C21H20ClN5OS/c1-11(2)20-25-27-18(23)17(19(28)24-21(27)29-20)9-14-8-12(3)26(13(14)4)16-7-5-6-15(22)10-16/h5-11,23H,1-4H3/b17-9-,23-18?. The van der Waals surface area contributed by atoms with Crippen LogP contribution >= 0.6 is 23.4 Å². The van der Waals surface area contributed by atoms with Gasteiger partial charge in [-0.3, -0.25) is 10.2 Å². The third-order valence-corrected chi connectivity index (χ3v) is 6.24. The highest BCUT2D eigenvalue weighted by atomic mass is 35.5. The number of nitrogens with one attached hydrogen (secondary N) is 1. The van der Waals surface area contributed by atoms with E-state index in [0.717, 1.165) is 27.7 Å². The van der Waals surface area contributed by atoms with Gasteiger partial charge in [0.05, 0.1) is 5.57 Å². The molecular weight excluding hydrogens is 406 g/mol. The molecule has 0 unspecified atom stereocenters. The van der Waals surface area contributed by atoms with Crippen LogP contribution in [0.25, 0.3) is 11.8 Å². The quantitative estimate of drug-likeness (QED) is 0.701. The van der Waals surface area contributed by atoms with Gasteiger partial charge in [-0.15, -0.1) is 0 Å². The number of amidine groups is 2. The van der Waals surface area contributed by atoms with Gasteiger partial charge in [0, 0.05) is 28.0 Å². The minimum atomic E-state index is -0.415. The van der Waals surface area contributed by atoms with E-state index in [9.17, 15) is 4.79 Å². The van der Waals surface area contributed by atoms with Crippen LogP contribution in [0.15, 0.2) is 46.0 Å². The maximum atomic E-state index is 12.6. The molecule has 3 heterocycles. The van der Waals surface area contributed by atoms with Gasteiger partial charge in [-0.1, -0.05) is 31.5 Å². The van der Waals surface area contributed by atoms with Crippen molar-refractivity contribution in [2.45, 2.75) is 27.7 Å². The van der Waals surface area contributed by atoms with Gasteiger partial charge in [0.15, 0.2) is 5.84 Å². The van der Waals surface area contributed by atoms with Crippen molar-refractivity contribution in [1.82, 2.24) is 9.58 Å². The molecule has 2 aromatic rings. The van der Waals surface area contributed by atoms with Gasteiger partial charge in [0.2, 0.25) is 5.17 Å². The molecule has 0 atom stereocenters. The van der Waals surface area contributed by atoms with Crippen LogP contribution in [0.5, 0.6) is 0 Å². The van der Waals surface area contributed by atoms with Crippen molar-refractivity contribution in [3.8, 4) is 5.69 Å². The van der Waals surface area contributed by atoms with Crippen LogP contribution in [0.4, 0.5) is 0 Å². The van der Waals surface area contributed by atoms with Crippen LogP contribution in [0.1, 0.15) is 30.8 Å². The highest BCUT2D eigenvalue weighted by Crippen LogP contribution is 2.31. The second-order valence-corrected chi connectivity index (χ2v) is 8.68. The summed E-state index contributed by atoms with van der Waals surface area (Å²) < 4.78 is 2.07. The fourth-order valence-corrected chi connectivity index (χ4v) is 4.42. The van der Waals surface area contributed by atoms with E-state index in [1.54, 1.807) is 6.08 Å². The first kappa shape index (κ1) is 19.7. The number of hydrogen-bond donors (Lipinski definition) is 1. The van der Waals surface area contributed by atoms with Crippen LogP contribution in [-0.4, -0.2) is 31.5 Å². The number of aromatic nitrogens is 1. The van der Waals surface area contributed by atoms with Gasteiger partial charge in [0.1, 0.15) is 5.04 Å². The SMILES string of the molecule is Cc1cc(/C=C2/C(=N)N3N=C(C(C)C)SC3=NC2=O)c(C)n1-c1cccc(Cl)c1. The minimum absolute atomic E-state index is 0.0516. The highest BCUT2D eigenvalue weighted by Gasteiger charge is 2.36. The molecule has 0 aliphatic carbocycles. The first-order valence-electron chi connectivity index (χ1n) is 9.21. The fourth-order valence-electron chi connectivity index (χ4n) is 3.34. The lowest BCUT2D eigenvalue weighted by Crippen LogP contribution is -2.35. The summed E-state index contributed by atoms with van der Waals surface area (Å²) >= 11 is 7.50. The van der Waals surface area contributed by atoms with Crippen molar-refractivity contribution in [3.05, 3.63) is 57.9 Å². The Morgan fingerprint density at radius 2 is 2.00 bits per heavy atom. The molecule has 1 aromatic heterocycles. The van der Waals surface area contributed by atoms with Gasteiger partial charge >= 0.3 is 0 Å². The second kappa shape index (κ2) is 7.31. The average Bonchev–Trinajstić information content (AvgIpc) is 3.20. The molecule has 2 aliphatic heterocycles. The highest BCUT2D eigenvalue weighted by molar-refractivity contribution is 8.27. The molecule has 1 aromatic carbocycles. The van der Waals surface area contributed by atoms with Crippen molar-refractivity contribution in [1.29, 1.82) is 5.41 Å². The normalized spacial score (nSPS) is 17.9. The lowest BCUT2D eigenvalue weighted by molar-refractivity contribution is -0.114. The zero-order chi connectivity index (χ0) is 20.9. The summed E-state index contributed by atoms with van der Waals surface area (Å²) in [6.45, 7) is 8.03. The number of hydrogen-bond acceptors (Lipinski definition) is 4. The molecule has 148 valence electrons. The first-order valence-corrected chi connectivity index (χ1v) is 10.4. The molecule has 2 aliphatic rings. The van der Waals surface area contributed by atoms with Crippen LogP contribution in [-0.2, 0) is 4.79 Å². The Hall–Kier alpha value is -2.64. The van der Waals surface area contributed by atoms with Crippen LogP contribution in [0, 0.1) is 25.2 Å². The number of carbonyl (C=O) groups excluding carboxylic acids is 1. The molecule has 0 saturated heterocycles. The number of halogens is 1. The summed E-state index contributed by atoms with van der Waals surface area (Å²) in [7, 11) is 0. The predicted molar refractivity (Wildman–Crippen MR) is 120 cm³/mol. The van der Waals surface area contributed by atoms with E-state index in [-0.39, 0.29) is 17.3 Å². The molecule has 0 saturated carbocycles. The minimum Gasteiger partial charge on any atom is -0.318 e. The molecule has 6 nitrogen and oxygen atoms in total. The van der Waals surface area contributed by atoms with Crippen molar-refractivity contribution >= 4 is 51.4 Å². The zero-order valence-electron chi connectivity index (χ0n) is 16.5. The van der Waals surface area contributed by atoms with E-state index in [4.69, 9.17) is 17.0 Å². The zero-order valence-corrected chi connectivity index (χ0v) is 18.1. The number of hydrazone groups is 1. The summed E-state index contributed by atoms with van der Waals surface area (Å²) in [5.74, 6) is -0.155. The van der Waals surface area contributed by atoms with Gasteiger partial charge < -0.3 is 4.57 Å². The van der Waals surface area contributed by atoms with Gasteiger partial charge in [-0.25, -0.2) is 0 Å². The third-order valence-electron chi connectivity index (χ3n) is 4.80. The van der Waals surface area contributed by atoms with Crippen LogP contribution < -0.4 is 0 Å². The molecule has 4 rings (SSSR count). The number of aryl methyl sites for hydroxylation is 1. The first-order chi connectivity index (χ1) is 13.8. The van der Waals surface area contributed by atoms with E-state index in [2.05, 4.69) is 14.7 Å². The molecule has 8 heteroatoms. The Morgan fingerprint density at radius 3 is 2.69 bits per heavy atom. The Bertz CT molecular complexity index is 1140. The maximum Gasteiger partial charge on any atom is 0.283 e. The molecule has 0 fully saturated rings. The Morgan fingerprint density at radius 1 is 1.24 bits per heavy atom. The Labute approximate surface area is 178 Å². The van der Waals surface area contributed by atoms with Gasteiger partial charge in [-0.05, 0) is 61.5 Å². The summed E-state index contributed by atoms with van der Waals surface area (Å²) in [5.41, 5.74) is 4.00.